The Morgan fingerprint density at radius 2 is 1.79 bits per heavy atom. The van der Waals surface area contributed by atoms with E-state index in [0.29, 0.717) is 0 Å². The van der Waals surface area contributed by atoms with Gasteiger partial charge in [-0.1, -0.05) is 30.4 Å². The Kier molecular flexibility index (Phi) is 3.72. The summed E-state index contributed by atoms with van der Waals surface area (Å²) >= 11 is 0. The molecule has 2 aliphatic carbocycles. The minimum absolute atomic E-state index is 0.888. The normalized spacial score (nSPS) is 30.6. The largest absolute Gasteiger partial charge is 0.361 e. The summed E-state index contributed by atoms with van der Waals surface area (Å²) in [5.74, 6) is 2.72. The fourth-order valence-electron chi connectivity index (χ4n) is 5.07. The molecule has 1 aliphatic heterocycles. The van der Waals surface area contributed by atoms with E-state index in [2.05, 4.69) is 57.4 Å². The molecule has 1 saturated carbocycles. The van der Waals surface area contributed by atoms with Gasteiger partial charge in [-0.3, -0.25) is 4.90 Å². The molecular weight excluding hydrogens is 294 g/mol. The van der Waals surface area contributed by atoms with Crippen LogP contribution < -0.4 is 0 Å². The number of hydrogen-bond acceptors (Lipinski definition) is 2. The lowest BCUT2D eigenvalue weighted by Gasteiger charge is -2.36. The number of aromatic amines is 1. The molecule has 1 saturated heterocycles. The average Bonchev–Trinajstić information content (AvgIpc) is 3.33. The predicted octanol–water partition coefficient (Wildman–Crippen LogP) is 3.50. The van der Waals surface area contributed by atoms with Gasteiger partial charge < -0.3 is 9.88 Å². The van der Waals surface area contributed by atoms with Gasteiger partial charge in [-0.05, 0) is 42.2 Å². The summed E-state index contributed by atoms with van der Waals surface area (Å²) in [7, 11) is 0. The van der Waals surface area contributed by atoms with Crippen molar-refractivity contribution in [2.45, 2.75) is 19.4 Å². The van der Waals surface area contributed by atoms with Crippen LogP contribution in [-0.2, 0) is 6.54 Å². The minimum Gasteiger partial charge on any atom is -0.361 e. The molecule has 2 bridgehead atoms. The third-order valence-corrected chi connectivity index (χ3v) is 6.44. The van der Waals surface area contributed by atoms with Crippen LogP contribution in [0.3, 0.4) is 0 Å². The quantitative estimate of drug-likeness (QED) is 0.871. The van der Waals surface area contributed by atoms with E-state index in [1.54, 1.807) is 0 Å². The standard InChI is InChI=1S/C21H27N3/c1-2-4-21-20(3-1)19(13-22-21)15-24-9-7-23(8-10-24)14-18-12-16-5-6-17(18)11-16/h1-6,13,16-18,22H,7-12,14-15H2/t16-,17-,18+/m0/s1. The van der Waals surface area contributed by atoms with Gasteiger partial charge in [0.15, 0.2) is 0 Å². The van der Waals surface area contributed by atoms with E-state index in [9.17, 15) is 0 Å². The molecular formula is C21H27N3. The maximum absolute atomic E-state index is 3.41. The first-order valence-electron chi connectivity index (χ1n) is 9.53. The van der Waals surface area contributed by atoms with E-state index in [0.717, 1.165) is 24.3 Å². The Hall–Kier alpha value is -1.58. The zero-order valence-corrected chi connectivity index (χ0v) is 14.3. The third kappa shape index (κ3) is 2.70. The molecule has 0 spiro atoms. The molecule has 2 aromatic rings. The highest BCUT2D eigenvalue weighted by Gasteiger charge is 2.36. The summed E-state index contributed by atoms with van der Waals surface area (Å²) in [5.41, 5.74) is 2.70. The maximum atomic E-state index is 3.41. The molecule has 1 aromatic carbocycles. The van der Waals surface area contributed by atoms with E-state index in [1.807, 2.05) is 0 Å². The number of rotatable bonds is 4. The smallest absolute Gasteiger partial charge is 0.0457 e. The second kappa shape index (κ2) is 6.05. The molecule has 5 rings (SSSR count). The minimum atomic E-state index is 0.888. The van der Waals surface area contributed by atoms with Crippen LogP contribution in [0.1, 0.15) is 18.4 Å². The Morgan fingerprint density at radius 1 is 0.958 bits per heavy atom. The number of hydrogen-bond donors (Lipinski definition) is 1. The number of aromatic nitrogens is 1. The number of piperazine rings is 1. The van der Waals surface area contributed by atoms with Crippen molar-refractivity contribution in [3.8, 4) is 0 Å². The fourth-order valence-corrected chi connectivity index (χ4v) is 5.07. The van der Waals surface area contributed by atoms with Crippen molar-refractivity contribution in [1.29, 1.82) is 0 Å². The number of H-pyrrole nitrogens is 1. The van der Waals surface area contributed by atoms with Crippen LogP contribution in [0, 0.1) is 17.8 Å². The topological polar surface area (TPSA) is 22.3 Å². The van der Waals surface area contributed by atoms with Gasteiger partial charge in [0, 0.05) is 56.4 Å². The molecule has 1 N–H and O–H groups in total. The predicted molar refractivity (Wildman–Crippen MR) is 98.9 cm³/mol. The van der Waals surface area contributed by atoms with Gasteiger partial charge in [-0.2, -0.15) is 0 Å². The second-order valence-corrected chi connectivity index (χ2v) is 7.98. The van der Waals surface area contributed by atoms with Crippen LogP contribution in [0.5, 0.6) is 0 Å². The fraction of sp³-hybridized carbons (Fsp3) is 0.524. The van der Waals surface area contributed by atoms with Gasteiger partial charge in [0.25, 0.3) is 0 Å². The summed E-state index contributed by atoms with van der Waals surface area (Å²) in [5, 5.41) is 1.38. The lowest BCUT2D eigenvalue weighted by molar-refractivity contribution is 0.109. The highest BCUT2D eigenvalue weighted by atomic mass is 15.3. The second-order valence-electron chi connectivity index (χ2n) is 7.98. The highest BCUT2D eigenvalue weighted by molar-refractivity contribution is 5.82. The summed E-state index contributed by atoms with van der Waals surface area (Å²) < 4.78 is 0. The Balaban J connectivity index is 1.16. The van der Waals surface area contributed by atoms with E-state index < -0.39 is 0 Å². The van der Waals surface area contributed by atoms with Gasteiger partial charge in [-0.15, -0.1) is 0 Å². The zero-order chi connectivity index (χ0) is 15.9. The molecule has 3 aliphatic rings. The van der Waals surface area contributed by atoms with Crippen LogP contribution >= 0.6 is 0 Å². The number of benzene rings is 1. The Labute approximate surface area is 144 Å². The van der Waals surface area contributed by atoms with Crippen LogP contribution in [0.25, 0.3) is 10.9 Å². The van der Waals surface area contributed by atoms with Crippen molar-refractivity contribution >= 4 is 10.9 Å². The molecule has 0 amide bonds. The molecule has 0 radical (unpaired) electrons. The lowest BCUT2D eigenvalue weighted by Crippen LogP contribution is -2.47. The van der Waals surface area contributed by atoms with Crippen molar-refractivity contribution in [2.75, 3.05) is 32.7 Å². The Bertz CT molecular complexity index is 738. The molecule has 24 heavy (non-hydrogen) atoms. The first-order valence-corrected chi connectivity index (χ1v) is 9.53. The van der Waals surface area contributed by atoms with E-state index >= 15 is 0 Å². The van der Waals surface area contributed by atoms with Gasteiger partial charge >= 0.3 is 0 Å². The van der Waals surface area contributed by atoms with E-state index in [4.69, 9.17) is 0 Å². The molecule has 3 nitrogen and oxygen atoms in total. The number of nitrogens with one attached hydrogen (secondary N) is 1. The number of fused-ring (bicyclic) bond motifs is 3. The van der Waals surface area contributed by atoms with Crippen molar-refractivity contribution in [3.05, 3.63) is 48.2 Å². The molecule has 2 fully saturated rings. The van der Waals surface area contributed by atoms with Gasteiger partial charge in [0.1, 0.15) is 0 Å². The summed E-state index contributed by atoms with van der Waals surface area (Å²) in [6.07, 6.45) is 10.0. The molecule has 3 atom stereocenters. The van der Waals surface area contributed by atoms with Crippen molar-refractivity contribution in [3.63, 3.8) is 0 Å². The molecule has 3 heteroatoms. The van der Waals surface area contributed by atoms with E-state index in [1.165, 1.54) is 62.0 Å². The summed E-state index contributed by atoms with van der Waals surface area (Å²) in [6, 6.07) is 8.65. The van der Waals surface area contributed by atoms with Gasteiger partial charge in [0.05, 0.1) is 0 Å². The Morgan fingerprint density at radius 3 is 2.58 bits per heavy atom. The SMILES string of the molecule is C1=C[C@H]2C[C@H]1C[C@@H]2CN1CCN(Cc2c[nH]c3ccccc23)CC1. The van der Waals surface area contributed by atoms with Gasteiger partial charge in [0.2, 0.25) is 0 Å². The monoisotopic (exact) mass is 321 g/mol. The highest BCUT2D eigenvalue weighted by Crippen LogP contribution is 2.43. The number of allylic oxidation sites excluding steroid dienone is 2. The first-order chi connectivity index (χ1) is 11.8. The molecule has 0 unspecified atom stereocenters. The summed E-state index contributed by atoms with van der Waals surface area (Å²) in [6.45, 7) is 7.29. The molecule has 1 aromatic heterocycles. The van der Waals surface area contributed by atoms with Crippen LogP contribution in [0.2, 0.25) is 0 Å². The van der Waals surface area contributed by atoms with Crippen LogP contribution in [0.4, 0.5) is 0 Å². The first kappa shape index (κ1) is 14.7. The van der Waals surface area contributed by atoms with Gasteiger partial charge in [-0.25, -0.2) is 0 Å². The molecule has 2 heterocycles. The lowest BCUT2D eigenvalue weighted by atomic mass is 9.93. The number of nitrogens with zero attached hydrogens (tertiary/aromatic N) is 2. The van der Waals surface area contributed by atoms with E-state index in [-0.39, 0.29) is 0 Å². The van der Waals surface area contributed by atoms with Crippen LogP contribution in [0.15, 0.2) is 42.6 Å². The third-order valence-electron chi connectivity index (χ3n) is 6.44. The van der Waals surface area contributed by atoms with Crippen molar-refractivity contribution in [2.24, 2.45) is 17.8 Å². The van der Waals surface area contributed by atoms with Crippen LogP contribution in [-0.4, -0.2) is 47.5 Å². The average molecular weight is 321 g/mol. The molecule has 126 valence electrons. The summed E-state index contributed by atoms with van der Waals surface area (Å²) in [4.78, 5) is 8.74. The van der Waals surface area contributed by atoms with Crippen molar-refractivity contribution < 1.29 is 0 Å². The van der Waals surface area contributed by atoms with Crippen molar-refractivity contribution in [1.82, 2.24) is 14.8 Å². The number of para-hydroxylation sites is 1. The maximum Gasteiger partial charge on any atom is 0.0457 e. The zero-order valence-electron chi connectivity index (χ0n) is 14.3.